The molecular weight excluding hydrogens is 226 g/mol. The molecule has 0 bridgehead atoms. The number of ether oxygens (including phenoxy) is 1. The first-order valence-corrected chi connectivity index (χ1v) is 5.43. The van der Waals surface area contributed by atoms with Crippen LogP contribution in [0.25, 0.3) is 10.9 Å². The van der Waals surface area contributed by atoms with Gasteiger partial charge in [-0.05, 0) is 23.8 Å². The second-order valence-corrected chi connectivity index (χ2v) is 3.85. The third-order valence-electron chi connectivity index (χ3n) is 2.68. The molecule has 0 atom stereocenters. The van der Waals surface area contributed by atoms with Crippen LogP contribution in [0.5, 0.6) is 5.75 Å². The van der Waals surface area contributed by atoms with Crippen molar-refractivity contribution in [3.8, 4) is 5.75 Å². The predicted octanol–water partition coefficient (Wildman–Crippen LogP) is 2.29. The molecule has 0 aliphatic rings. The molecule has 0 saturated carbocycles. The third-order valence-corrected chi connectivity index (χ3v) is 2.97. The lowest BCUT2D eigenvalue weighted by molar-refractivity contribution is 0.415. The fourth-order valence-electron chi connectivity index (χ4n) is 1.74. The molecule has 1 aromatic carbocycles. The Morgan fingerprint density at radius 3 is 2.75 bits per heavy atom. The van der Waals surface area contributed by atoms with Crippen LogP contribution in [0.4, 0.5) is 0 Å². The largest absolute Gasteiger partial charge is 0.497 e. The molecule has 4 heteroatoms. The van der Waals surface area contributed by atoms with Gasteiger partial charge in [-0.2, -0.15) is 0 Å². The summed E-state index contributed by atoms with van der Waals surface area (Å²) in [4.78, 5) is 11.6. The Balaban J connectivity index is 2.87. The first-order chi connectivity index (χ1) is 7.67. The third kappa shape index (κ3) is 1.67. The maximum absolute atomic E-state index is 11.6. The smallest absolute Gasteiger partial charge is 0.251 e. The number of benzene rings is 1. The van der Waals surface area contributed by atoms with E-state index in [1.165, 1.54) is 0 Å². The lowest BCUT2D eigenvalue weighted by atomic mass is 10.1. The van der Waals surface area contributed by atoms with Gasteiger partial charge in [0.05, 0.1) is 12.6 Å². The Morgan fingerprint density at radius 1 is 1.38 bits per heavy atom. The van der Waals surface area contributed by atoms with Gasteiger partial charge in [0.1, 0.15) is 5.75 Å². The molecule has 0 amide bonds. The van der Waals surface area contributed by atoms with E-state index in [0.717, 1.165) is 22.2 Å². The molecule has 0 fully saturated rings. The summed E-state index contributed by atoms with van der Waals surface area (Å²) >= 11 is 5.84. The molecule has 0 spiro atoms. The molecule has 16 heavy (non-hydrogen) atoms. The van der Waals surface area contributed by atoms with Crippen molar-refractivity contribution in [2.24, 2.45) is 7.05 Å². The SMILES string of the molecule is COc1ccc2c(c1)c(CCl)cc(=O)n2C. The highest BCUT2D eigenvalue weighted by atomic mass is 35.5. The molecule has 0 radical (unpaired) electrons. The zero-order chi connectivity index (χ0) is 11.7. The van der Waals surface area contributed by atoms with Crippen LogP contribution in [-0.2, 0) is 12.9 Å². The van der Waals surface area contributed by atoms with E-state index in [1.54, 1.807) is 24.8 Å². The summed E-state index contributed by atoms with van der Waals surface area (Å²) in [7, 11) is 3.36. The van der Waals surface area contributed by atoms with Crippen LogP contribution in [0.1, 0.15) is 5.56 Å². The number of methoxy groups -OCH3 is 1. The van der Waals surface area contributed by atoms with E-state index in [4.69, 9.17) is 16.3 Å². The second kappa shape index (κ2) is 4.18. The molecule has 0 aliphatic carbocycles. The molecule has 3 nitrogen and oxygen atoms in total. The van der Waals surface area contributed by atoms with Gasteiger partial charge in [-0.15, -0.1) is 11.6 Å². The number of rotatable bonds is 2. The number of hydrogen-bond donors (Lipinski definition) is 0. The number of fused-ring (bicyclic) bond motifs is 1. The number of pyridine rings is 1. The summed E-state index contributed by atoms with van der Waals surface area (Å²) in [5, 5.41) is 0.955. The van der Waals surface area contributed by atoms with Crippen molar-refractivity contribution >= 4 is 22.5 Å². The molecule has 0 N–H and O–H groups in total. The maximum atomic E-state index is 11.6. The van der Waals surface area contributed by atoms with Gasteiger partial charge >= 0.3 is 0 Å². The van der Waals surface area contributed by atoms with Crippen molar-refractivity contribution < 1.29 is 4.74 Å². The predicted molar refractivity (Wildman–Crippen MR) is 65.3 cm³/mol. The molecule has 0 unspecified atom stereocenters. The first-order valence-electron chi connectivity index (χ1n) is 4.90. The second-order valence-electron chi connectivity index (χ2n) is 3.58. The lowest BCUT2D eigenvalue weighted by Gasteiger charge is -2.09. The van der Waals surface area contributed by atoms with Crippen LogP contribution in [0.2, 0.25) is 0 Å². The van der Waals surface area contributed by atoms with Gasteiger partial charge < -0.3 is 9.30 Å². The maximum Gasteiger partial charge on any atom is 0.251 e. The number of aromatic nitrogens is 1. The van der Waals surface area contributed by atoms with Crippen LogP contribution in [0, 0.1) is 0 Å². The topological polar surface area (TPSA) is 31.2 Å². The standard InChI is InChI=1S/C12H12ClNO2/c1-14-11-4-3-9(16-2)6-10(11)8(7-13)5-12(14)15/h3-6H,7H2,1-2H3. The van der Waals surface area contributed by atoms with E-state index < -0.39 is 0 Å². The number of nitrogens with zero attached hydrogens (tertiary/aromatic N) is 1. The van der Waals surface area contributed by atoms with Crippen LogP contribution in [0.15, 0.2) is 29.1 Å². The Morgan fingerprint density at radius 2 is 2.12 bits per heavy atom. The average Bonchev–Trinajstić information content (AvgIpc) is 2.33. The summed E-state index contributed by atoms with van der Waals surface area (Å²) in [5.74, 6) is 1.08. The van der Waals surface area contributed by atoms with Crippen LogP contribution in [0.3, 0.4) is 0 Å². The monoisotopic (exact) mass is 237 g/mol. The van der Waals surface area contributed by atoms with Gasteiger partial charge in [0.25, 0.3) is 5.56 Å². The van der Waals surface area contributed by atoms with E-state index >= 15 is 0 Å². The minimum absolute atomic E-state index is 0.0479. The van der Waals surface area contributed by atoms with Crippen LogP contribution >= 0.6 is 11.6 Å². The fourth-order valence-corrected chi connectivity index (χ4v) is 1.97. The van der Waals surface area contributed by atoms with E-state index in [-0.39, 0.29) is 5.56 Å². The number of halogens is 1. The Kier molecular flexibility index (Phi) is 2.88. The van der Waals surface area contributed by atoms with Crippen molar-refractivity contribution in [1.29, 1.82) is 0 Å². The minimum Gasteiger partial charge on any atom is -0.497 e. The summed E-state index contributed by atoms with van der Waals surface area (Å²) in [5.41, 5.74) is 1.65. The molecule has 1 aromatic heterocycles. The van der Waals surface area contributed by atoms with Crippen LogP contribution < -0.4 is 10.3 Å². The fraction of sp³-hybridized carbons (Fsp3) is 0.250. The Bertz CT molecular complexity index is 589. The molecule has 2 aromatic rings. The van der Waals surface area contributed by atoms with Gasteiger partial charge in [0, 0.05) is 24.4 Å². The van der Waals surface area contributed by atoms with E-state index in [2.05, 4.69) is 0 Å². The van der Waals surface area contributed by atoms with E-state index in [9.17, 15) is 4.79 Å². The highest BCUT2D eigenvalue weighted by Crippen LogP contribution is 2.23. The lowest BCUT2D eigenvalue weighted by Crippen LogP contribution is -2.16. The Labute approximate surface area is 98.2 Å². The summed E-state index contributed by atoms with van der Waals surface area (Å²) in [6, 6.07) is 7.16. The quantitative estimate of drug-likeness (QED) is 0.751. The normalized spacial score (nSPS) is 10.7. The zero-order valence-corrected chi connectivity index (χ0v) is 9.91. The Hall–Kier alpha value is -1.48. The highest BCUT2D eigenvalue weighted by molar-refractivity contribution is 6.18. The van der Waals surface area contributed by atoms with Gasteiger partial charge in [-0.1, -0.05) is 0 Å². The molecule has 2 rings (SSSR count). The molecule has 1 heterocycles. The van der Waals surface area contributed by atoms with Gasteiger partial charge in [0.2, 0.25) is 0 Å². The van der Waals surface area contributed by atoms with Crippen molar-refractivity contribution in [3.05, 3.63) is 40.2 Å². The average molecular weight is 238 g/mol. The van der Waals surface area contributed by atoms with Gasteiger partial charge in [-0.3, -0.25) is 4.79 Å². The molecule has 0 aliphatic heterocycles. The number of alkyl halides is 1. The first kappa shape index (κ1) is 11.0. The highest BCUT2D eigenvalue weighted by Gasteiger charge is 2.06. The summed E-state index contributed by atoms with van der Waals surface area (Å²) in [6.07, 6.45) is 0. The van der Waals surface area contributed by atoms with Crippen molar-refractivity contribution in [2.75, 3.05) is 7.11 Å². The molecular formula is C12H12ClNO2. The van der Waals surface area contributed by atoms with Crippen molar-refractivity contribution in [1.82, 2.24) is 4.57 Å². The summed E-state index contributed by atoms with van der Waals surface area (Å²) in [6.45, 7) is 0. The molecule has 0 saturated heterocycles. The van der Waals surface area contributed by atoms with Gasteiger partial charge in [-0.25, -0.2) is 0 Å². The summed E-state index contributed by atoms with van der Waals surface area (Å²) < 4.78 is 6.76. The minimum atomic E-state index is -0.0479. The van der Waals surface area contributed by atoms with Crippen molar-refractivity contribution in [2.45, 2.75) is 5.88 Å². The van der Waals surface area contributed by atoms with Gasteiger partial charge in [0.15, 0.2) is 0 Å². The number of hydrogen-bond acceptors (Lipinski definition) is 2. The van der Waals surface area contributed by atoms with Crippen molar-refractivity contribution in [3.63, 3.8) is 0 Å². The zero-order valence-electron chi connectivity index (χ0n) is 9.16. The van der Waals surface area contributed by atoms with E-state index in [1.807, 2.05) is 18.2 Å². The molecule has 84 valence electrons. The van der Waals surface area contributed by atoms with Crippen LogP contribution in [-0.4, -0.2) is 11.7 Å². The van der Waals surface area contributed by atoms with E-state index in [0.29, 0.717) is 5.88 Å². The number of aryl methyl sites for hydroxylation is 1.